The zero-order chi connectivity index (χ0) is 13.3. The van der Waals surface area contributed by atoms with Crippen LogP contribution in [0, 0.1) is 0 Å². The van der Waals surface area contributed by atoms with Crippen LogP contribution in [-0.4, -0.2) is 23.5 Å². The van der Waals surface area contributed by atoms with Crippen molar-refractivity contribution in [1.29, 1.82) is 0 Å². The Hall–Kier alpha value is 0.0600. The van der Waals surface area contributed by atoms with Gasteiger partial charge in [0, 0.05) is 15.4 Å². The molecule has 1 aromatic heterocycles. The summed E-state index contributed by atoms with van der Waals surface area (Å²) in [6, 6.07) is 0.244. The number of thiophene rings is 1. The van der Waals surface area contributed by atoms with Crippen molar-refractivity contribution in [3.63, 3.8) is 0 Å². The molecule has 1 aliphatic carbocycles. The van der Waals surface area contributed by atoms with Gasteiger partial charge in [0.2, 0.25) is 0 Å². The summed E-state index contributed by atoms with van der Waals surface area (Å²) in [7, 11) is 0. The van der Waals surface area contributed by atoms with Gasteiger partial charge in [-0.05, 0) is 65.6 Å². The lowest BCUT2D eigenvalue weighted by Crippen LogP contribution is -2.55. The second kappa shape index (κ2) is 5.82. The van der Waals surface area contributed by atoms with Crippen LogP contribution in [0.5, 0.6) is 0 Å². The van der Waals surface area contributed by atoms with Gasteiger partial charge < -0.3 is 0 Å². The number of rotatable bonds is 4. The van der Waals surface area contributed by atoms with Crippen LogP contribution in [0.4, 0.5) is 0 Å². The quantitative estimate of drug-likeness (QED) is 0.650. The topological polar surface area (TPSA) is 41.3 Å². The van der Waals surface area contributed by atoms with Gasteiger partial charge >= 0.3 is 0 Å². The van der Waals surface area contributed by atoms with E-state index in [9.17, 15) is 0 Å². The molecular weight excluding hydrogens is 322 g/mol. The second-order valence-corrected chi connectivity index (χ2v) is 7.38. The summed E-state index contributed by atoms with van der Waals surface area (Å²) in [5.74, 6) is 5.97. The Balaban J connectivity index is 1.95. The number of nitrogens with one attached hydrogen (secondary N) is 1. The fourth-order valence-corrected chi connectivity index (χ4v) is 5.52. The molecule has 3 rings (SSSR count). The summed E-state index contributed by atoms with van der Waals surface area (Å²) in [4.78, 5) is 2.70. The molecule has 0 amide bonds. The predicted molar refractivity (Wildman–Crippen MR) is 84.1 cm³/mol. The first kappa shape index (κ1) is 14.0. The molecule has 106 valence electrons. The van der Waals surface area contributed by atoms with Crippen molar-refractivity contribution in [1.82, 2.24) is 10.3 Å². The summed E-state index contributed by atoms with van der Waals surface area (Å²) in [5, 5.41) is 4.40. The summed E-state index contributed by atoms with van der Waals surface area (Å²) in [5.41, 5.74) is 4.71. The van der Waals surface area contributed by atoms with Gasteiger partial charge in [0.1, 0.15) is 0 Å². The summed E-state index contributed by atoms with van der Waals surface area (Å²) >= 11 is 5.43. The van der Waals surface area contributed by atoms with Gasteiger partial charge in [-0.2, -0.15) is 11.3 Å². The lowest BCUT2D eigenvalue weighted by molar-refractivity contribution is 0.0763. The van der Waals surface area contributed by atoms with E-state index >= 15 is 0 Å². The fourth-order valence-electron chi connectivity index (χ4n) is 3.97. The smallest absolute Gasteiger partial charge is 0.0663 e. The SMILES string of the molecule is NNC(c1cscc1Br)C1(N2CCCC2)CCCC1. The molecule has 0 aromatic carbocycles. The lowest BCUT2D eigenvalue weighted by Gasteiger charge is -2.45. The molecule has 5 heteroatoms. The number of hydrogen-bond acceptors (Lipinski definition) is 4. The third kappa shape index (κ3) is 2.40. The van der Waals surface area contributed by atoms with Gasteiger partial charge in [0.15, 0.2) is 0 Å². The molecule has 0 spiro atoms. The lowest BCUT2D eigenvalue weighted by atomic mass is 9.83. The zero-order valence-corrected chi connectivity index (χ0v) is 13.6. The van der Waals surface area contributed by atoms with E-state index in [1.807, 2.05) is 0 Å². The van der Waals surface area contributed by atoms with Crippen LogP contribution < -0.4 is 11.3 Å². The van der Waals surface area contributed by atoms with Crippen LogP contribution in [-0.2, 0) is 0 Å². The van der Waals surface area contributed by atoms with Crippen LogP contribution in [0.3, 0.4) is 0 Å². The standard InChI is InChI=1S/C14H22BrN3S/c15-12-10-19-9-11(12)13(17-16)14(5-1-2-6-14)18-7-3-4-8-18/h9-10,13,17H,1-8,16H2. The minimum Gasteiger partial charge on any atom is -0.296 e. The van der Waals surface area contributed by atoms with E-state index in [0.717, 1.165) is 0 Å². The first-order valence-electron chi connectivity index (χ1n) is 7.21. The van der Waals surface area contributed by atoms with Crippen molar-refractivity contribution in [3.8, 4) is 0 Å². The Kier molecular flexibility index (Phi) is 4.29. The van der Waals surface area contributed by atoms with Crippen molar-refractivity contribution >= 4 is 27.3 Å². The van der Waals surface area contributed by atoms with E-state index in [1.165, 1.54) is 61.7 Å². The molecule has 1 aromatic rings. The molecule has 2 fully saturated rings. The Labute approximate surface area is 127 Å². The molecule has 3 nitrogen and oxygen atoms in total. The van der Waals surface area contributed by atoms with Crippen LogP contribution in [0.25, 0.3) is 0 Å². The molecule has 0 radical (unpaired) electrons. The molecule has 1 saturated carbocycles. The molecule has 19 heavy (non-hydrogen) atoms. The first-order valence-corrected chi connectivity index (χ1v) is 8.94. The van der Waals surface area contributed by atoms with Crippen molar-refractivity contribution in [2.24, 2.45) is 5.84 Å². The average Bonchev–Trinajstić information content (AvgIpc) is 3.12. The molecule has 1 unspecified atom stereocenters. The van der Waals surface area contributed by atoms with Gasteiger partial charge in [0.25, 0.3) is 0 Å². The molecule has 2 heterocycles. The molecule has 0 bridgehead atoms. The molecule has 1 atom stereocenters. The third-order valence-corrected chi connectivity index (χ3v) is 6.61. The predicted octanol–water partition coefficient (Wildman–Crippen LogP) is 3.42. The van der Waals surface area contributed by atoms with E-state index in [-0.39, 0.29) is 11.6 Å². The maximum absolute atomic E-state index is 5.97. The fraction of sp³-hybridized carbons (Fsp3) is 0.714. The number of nitrogens with zero attached hydrogens (tertiary/aromatic N) is 1. The highest BCUT2D eigenvalue weighted by atomic mass is 79.9. The number of likely N-dealkylation sites (tertiary alicyclic amines) is 1. The summed E-state index contributed by atoms with van der Waals surface area (Å²) < 4.78 is 1.20. The normalized spacial score (nSPS) is 24.9. The highest BCUT2D eigenvalue weighted by Gasteiger charge is 2.47. The largest absolute Gasteiger partial charge is 0.296 e. The van der Waals surface area contributed by atoms with E-state index in [2.05, 4.69) is 37.0 Å². The number of nitrogens with two attached hydrogens (primary N) is 1. The molecule has 3 N–H and O–H groups in total. The number of halogens is 1. The third-order valence-electron chi connectivity index (χ3n) is 4.86. The van der Waals surface area contributed by atoms with Crippen molar-refractivity contribution in [3.05, 3.63) is 20.8 Å². The van der Waals surface area contributed by atoms with E-state index in [4.69, 9.17) is 5.84 Å². The Morgan fingerprint density at radius 3 is 2.42 bits per heavy atom. The average molecular weight is 344 g/mol. The van der Waals surface area contributed by atoms with E-state index in [1.54, 1.807) is 11.3 Å². The van der Waals surface area contributed by atoms with Crippen LogP contribution in [0.15, 0.2) is 15.2 Å². The molecular formula is C14H22BrN3S. The maximum Gasteiger partial charge on any atom is 0.0663 e. The van der Waals surface area contributed by atoms with Gasteiger partial charge in [-0.3, -0.25) is 16.2 Å². The Morgan fingerprint density at radius 2 is 1.89 bits per heavy atom. The monoisotopic (exact) mass is 343 g/mol. The highest BCUT2D eigenvalue weighted by Crippen LogP contribution is 2.47. The Bertz CT molecular complexity index is 422. The minimum atomic E-state index is 0.231. The Morgan fingerprint density at radius 1 is 1.21 bits per heavy atom. The van der Waals surface area contributed by atoms with E-state index < -0.39 is 0 Å². The number of hydrogen-bond donors (Lipinski definition) is 2. The summed E-state index contributed by atoms with van der Waals surface area (Å²) in [6.45, 7) is 2.47. The molecule has 2 aliphatic rings. The van der Waals surface area contributed by atoms with Gasteiger partial charge in [-0.15, -0.1) is 0 Å². The van der Waals surface area contributed by atoms with Crippen LogP contribution in [0.1, 0.15) is 50.1 Å². The van der Waals surface area contributed by atoms with E-state index in [0.29, 0.717) is 0 Å². The van der Waals surface area contributed by atoms with Crippen LogP contribution in [0.2, 0.25) is 0 Å². The second-order valence-electron chi connectivity index (χ2n) is 5.78. The minimum absolute atomic E-state index is 0.231. The zero-order valence-electron chi connectivity index (χ0n) is 11.2. The van der Waals surface area contributed by atoms with Gasteiger partial charge in [-0.25, -0.2) is 0 Å². The van der Waals surface area contributed by atoms with Crippen molar-refractivity contribution in [2.45, 2.75) is 50.1 Å². The molecule has 1 saturated heterocycles. The van der Waals surface area contributed by atoms with Crippen molar-refractivity contribution in [2.75, 3.05) is 13.1 Å². The van der Waals surface area contributed by atoms with Crippen molar-refractivity contribution < 1.29 is 0 Å². The first-order chi connectivity index (χ1) is 9.28. The van der Waals surface area contributed by atoms with Crippen LogP contribution >= 0.6 is 27.3 Å². The highest BCUT2D eigenvalue weighted by molar-refractivity contribution is 9.10. The van der Waals surface area contributed by atoms with Gasteiger partial charge in [-0.1, -0.05) is 12.8 Å². The number of hydrazine groups is 1. The maximum atomic E-state index is 5.97. The van der Waals surface area contributed by atoms with Gasteiger partial charge in [0.05, 0.1) is 6.04 Å². The molecule has 1 aliphatic heterocycles. The summed E-state index contributed by atoms with van der Waals surface area (Å²) in [6.07, 6.45) is 7.87.